The number of aromatic nitrogens is 1. The zero-order chi connectivity index (χ0) is 19.4. The zero-order valence-electron chi connectivity index (χ0n) is 15.8. The summed E-state index contributed by atoms with van der Waals surface area (Å²) in [6.07, 6.45) is 0. The number of benzene rings is 1. The second kappa shape index (κ2) is 8.41. The number of hydrogen-bond acceptors (Lipinski definition) is 4. The van der Waals surface area contributed by atoms with Crippen molar-refractivity contribution >= 4 is 17.3 Å². The summed E-state index contributed by atoms with van der Waals surface area (Å²) >= 11 is 1.69. The maximum absolute atomic E-state index is 11.9. The lowest BCUT2D eigenvalue weighted by molar-refractivity contribution is 0.0694. The van der Waals surface area contributed by atoms with Crippen LogP contribution in [0.4, 0.5) is 0 Å². The Hall–Kier alpha value is -2.57. The van der Waals surface area contributed by atoms with Gasteiger partial charge in [-0.25, -0.2) is 4.79 Å². The van der Waals surface area contributed by atoms with Crippen molar-refractivity contribution in [2.24, 2.45) is 0 Å². The van der Waals surface area contributed by atoms with Gasteiger partial charge in [-0.05, 0) is 43.0 Å². The molecule has 0 spiro atoms. The standard InChI is InChI=1S/C21H24N2O3S/c1-14-19(12-22-11-18-8-5-9-27-18)20(21(24)25)15(2)23(14)13-16-6-4-7-17(10-16)26-3/h4-10,22H,11-13H2,1-3H3,(H,24,25). The van der Waals surface area contributed by atoms with Crippen LogP contribution in [0, 0.1) is 13.8 Å². The van der Waals surface area contributed by atoms with Crippen LogP contribution in [0.3, 0.4) is 0 Å². The first kappa shape index (κ1) is 19.2. The van der Waals surface area contributed by atoms with E-state index in [2.05, 4.69) is 16.0 Å². The molecule has 27 heavy (non-hydrogen) atoms. The monoisotopic (exact) mass is 384 g/mol. The highest BCUT2D eigenvalue weighted by molar-refractivity contribution is 7.09. The zero-order valence-corrected chi connectivity index (χ0v) is 16.6. The summed E-state index contributed by atoms with van der Waals surface area (Å²) in [5.74, 6) is -0.0841. The van der Waals surface area contributed by atoms with Gasteiger partial charge in [-0.15, -0.1) is 11.3 Å². The molecule has 0 fully saturated rings. The maximum Gasteiger partial charge on any atom is 0.337 e. The number of methoxy groups -OCH3 is 1. The van der Waals surface area contributed by atoms with E-state index in [1.54, 1.807) is 18.4 Å². The first-order chi connectivity index (χ1) is 13.0. The van der Waals surface area contributed by atoms with E-state index in [0.717, 1.165) is 34.8 Å². The normalized spacial score (nSPS) is 10.9. The molecule has 2 N–H and O–H groups in total. The summed E-state index contributed by atoms with van der Waals surface area (Å²) in [6.45, 7) is 5.73. The molecule has 5 nitrogen and oxygen atoms in total. The number of hydrogen-bond donors (Lipinski definition) is 2. The van der Waals surface area contributed by atoms with Crippen LogP contribution in [0.5, 0.6) is 5.75 Å². The lowest BCUT2D eigenvalue weighted by Crippen LogP contribution is -2.15. The Bertz CT molecular complexity index is 929. The second-order valence-corrected chi connectivity index (χ2v) is 7.48. The van der Waals surface area contributed by atoms with Gasteiger partial charge in [0.15, 0.2) is 0 Å². The van der Waals surface area contributed by atoms with Crippen LogP contribution in [0.2, 0.25) is 0 Å². The molecule has 0 unspecified atom stereocenters. The van der Waals surface area contributed by atoms with Crippen LogP contribution in [0.1, 0.15) is 37.7 Å². The fourth-order valence-corrected chi connectivity index (χ4v) is 4.04. The topological polar surface area (TPSA) is 63.5 Å². The third-order valence-electron chi connectivity index (χ3n) is 4.78. The van der Waals surface area contributed by atoms with Crippen molar-refractivity contribution in [2.45, 2.75) is 33.5 Å². The van der Waals surface area contributed by atoms with E-state index < -0.39 is 5.97 Å². The molecule has 142 valence electrons. The van der Waals surface area contributed by atoms with Gasteiger partial charge in [-0.1, -0.05) is 18.2 Å². The number of nitrogens with one attached hydrogen (secondary N) is 1. The fraction of sp³-hybridized carbons (Fsp3) is 0.286. The second-order valence-electron chi connectivity index (χ2n) is 6.45. The van der Waals surface area contributed by atoms with Crippen molar-refractivity contribution in [3.05, 3.63) is 74.7 Å². The van der Waals surface area contributed by atoms with E-state index in [4.69, 9.17) is 4.74 Å². The van der Waals surface area contributed by atoms with Gasteiger partial charge < -0.3 is 19.7 Å². The molecular formula is C21H24N2O3S. The molecular weight excluding hydrogens is 360 g/mol. The molecule has 3 rings (SSSR count). The predicted octanol–water partition coefficient (Wildman–Crippen LogP) is 4.21. The van der Waals surface area contributed by atoms with Crippen LogP contribution in [0.15, 0.2) is 41.8 Å². The lowest BCUT2D eigenvalue weighted by atomic mass is 10.1. The average molecular weight is 385 g/mol. The number of thiophene rings is 1. The van der Waals surface area contributed by atoms with Crippen LogP contribution >= 0.6 is 11.3 Å². The van der Waals surface area contributed by atoms with Crippen LogP contribution in [0.25, 0.3) is 0 Å². The molecule has 0 amide bonds. The van der Waals surface area contributed by atoms with Gasteiger partial charge in [0.1, 0.15) is 5.75 Å². The largest absolute Gasteiger partial charge is 0.497 e. The molecule has 0 aliphatic rings. The molecule has 0 radical (unpaired) electrons. The Kier molecular flexibility index (Phi) is 5.98. The molecule has 1 aromatic carbocycles. The summed E-state index contributed by atoms with van der Waals surface area (Å²) in [4.78, 5) is 13.1. The molecule has 0 atom stereocenters. The van der Waals surface area contributed by atoms with Crippen LogP contribution < -0.4 is 10.1 Å². The first-order valence-electron chi connectivity index (χ1n) is 8.79. The van der Waals surface area contributed by atoms with Crippen LogP contribution in [-0.4, -0.2) is 22.8 Å². The van der Waals surface area contributed by atoms with E-state index in [0.29, 0.717) is 18.7 Å². The SMILES string of the molecule is COc1cccc(Cn2c(C)c(CNCc3cccs3)c(C(=O)O)c2C)c1. The Morgan fingerprint density at radius 1 is 1.19 bits per heavy atom. The van der Waals surface area contributed by atoms with Crippen molar-refractivity contribution in [3.63, 3.8) is 0 Å². The first-order valence-corrected chi connectivity index (χ1v) is 9.67. The Labute approximate surface area is 163 Å². The van der Waals surface area contributed by atoms with Gasteiger partial charge >= 0.3 is 5.97 Å². The molecule has 3 aromatic rings. The smallest absolute Gasteiger partial charge is 0.337 e. The third kappa shape index (κ3) is 4.23. The van der Waals surface area contributed by atoms with Crippen LogP contribution in [-0.2, 0) is 19.6 Å². The lowest BCUT2D eigenvalue weighted by Gasteiger charge is -2.11. The number of carboxylic acids is 1. The number of ether oxygens (including phenoxy) is 1. The van der Waals surface area contributed by atoms with Gasteiger partial charge in [0.25, 0.3) is 0 Å². The van der Waals surface area contributed by atoms with Crippen molar-refractivity contribution in [1.82, 2.24) is 9.88 Å². The minimum Gasteiger partial charge on any atom is -0.497 e. The third-order valence-corrected chi connectivity index (χ3v) is 5.66. The number of nitrogens with zero attached hydrogens (tertiary/aromatic N) is 1. The summed E-state index contributed by atoms with van der Waals surface area (Å²) in [5, 5.41) is 15.2. The van der Waals surface area contributed by atoms with Gasteiger partial charge in [-0.3, -0.25) is 0 Å². The van der Waals surface area contributed by atoms with Crippen molar-refractivity contribution in [1.29, 1.82) is 0 Å². The summed E-state index contributed by atoms with van der Waals surface area (Å²) < 4.78 is 7.37. The van der Waals surface area contributed by atoms with E-state index in [9.17, 15) is 9.90 Å². The van der Waals surface area contributed by atoms with Crippen molar-refractivity contribution in [2.75, 3.05) is 7.11 Å². The Balaban J connectivity index is 1.86. The summed E-state index contributed by atoms with van der Waals surface area (Å²) in [5.41, 5.74) is 4.07. The molecule has 2 heterocycles. The highest BCUT2D eigenvalue weighted by atomic mass is 32.1. The quantitative estimate of drug-likeness (QED) is 0.611. The Morgan fingerprint density at radius 3 is 2.67 bits per heavy atom. The van der Waals surface area contributed by atoms with Crippen molar-refractivity contribution < 1.29 is 14.6 Å². The average Bonchev–Trinajstić information content (AvgIpc) is 3.24. The Morgan fingerprint density at radius 2 is 2.00 bits per heavy atom. The highest BCUT2D eigenvalue weighted by Crippen LogP contribution is 2.25. The number of aromatic carboxylic acids is 1. The minimum absolute atomic E-state index is 0.397. The van der Waals surface area contributed by atoms with Gasteiger partial charge in [0, 0.05) is 41.5 Å². The molecule has 0 aliphatic carbocycles. The molecule has 0 saturated heterocycles. The van der Waals surface area contributed by atoms with E-state index >= 15 is 0 Å². The number of carboxylic acid groups (broad SMARTS) is 1. The maximum atomic E-state index is 11.9. The molecule has 0 bridgehead atoms. The number of rotatable bonds is 8. The van der Waals surface area contributed by atoms with Gasteiger partial charge in [-0.2, -0.15) is 0 Å². The van der Waals surface area contributed by atoms with Crippen molar-refractivity contribution in [3.8, 4) is 5.75 Å². The van der Waals surface area contributed by atoms with E-state index in [-0.39, 0.29) is 0 Å². The molecule has 2 aromatic heterocycles. The summed E-state index contributed by atoms with van der Waals surface area (Å²) in [7, 11) is 1.64. The minimum atomic E-state index is -0.882. The molecule has 6 heteroatoms. The molecule has 0 aliphatic heterocycles. The van der Waals surface area contributed by atoms with E-state index in [1.165, 1.54) is 4.88 Å². The number of carbonyl (C=O) groups is 1. The summed E-state index contributed by atoms with van der Waals surface area (Å²) in [6, 6.07) is 11.9. The highest BCUT2D eigenvalue weighted by Gasteiger charge is 2.22. The molecule has 0 saturated carbocycles. The predicted molar refractivity (Wildman–Crippen MR) is 108 cm³/mol. The van der Waals surface area contributed by atoms with Gasteiger partial charge in [0.05, 0.1) is 12.7 Å². The van der Waals surface area contributed by atoms with Gasteiger partial charge in [0.2, 0.25) is 0 Å². The van der Waals surface area contributed by atoms with E-state index in [1.807, 2.05) is 49.6 Å². The fourth-order valence-electron chi connectivity index (χ4n) is 3.36.